The molecule has 25 heavy (non-hydrogen) atoms. The maximum Gasteiger partial charge on any atom is 0.224 e. The van der Waals surface area contributed by atoms with Crippen LogP contribution < -0.4 is 11.1 Å². The van der Waals surface area contributed by atoms with E-state index in [4.69, 9.17) is 5.73 Å². The fraction of sp³-hybridized carbons (Fsp3) is 0.105. The Balaban J connectivity index is 1.79. The molecule has 0 unspecified atom stereocenters. The van der Waals surface area contributed by atoms with Crippen molar-refractivity contribution >= 4 is 29.2 Å². The van der Waals surface area contributed by atoms with Gasteiger partial charge >= 0.3 is 0 Å². The summed E-state index contributed by atoms with van der Waals surface area (Å²) in [6.45, 7) is 1.82. The Bertz CT molecular complexity index is 866. The van der Waals surface area contributed by atoms with Gasteiger partial charge in [-0.3, -0.25) is 4.79 Å². The zero-order valence-corrected chi connectivity index (χ0v) is 14.6. The normalized spacial score (nSPS) is 10.4. The van der Waals surface area contributed by atoms with Crippen molar-refractivity contribution in [3.05, 3.63) is 60.7 Å². The molecule has 0 saturated heterocycles. The van der Waals surface area contributed by atoms with Gasteiger partial charge in [0.1, 0.15) is 5.82 Å². The fourth-order valence-electron chi connectivity index (χ4n) is 2.21. The van der Waals surface area contributed by atoms with E-state index in [1.54, 1.807) is 6.07 Å². The van der Waals surface area contributed by atoms with E-state index in [1.165, 1.54) is 11.8 Å². The van der Waals surface area contributed by atoms with Crippen LogP contribution in [0.1, 0.15) is 13.3 Å². The van der Waals surface area contributed by atoms with Crippen LogP contribution in [0.3, 0.4) is 0 Å². The van der Waals surface area contributed by atoms with Gasteiger partial charge in [-0.15, -0.1) is 0 Å². The number of nitrogen functional groups attached to an aromatic ring is 1. The lowest BCUT2D eigenvalue weighted by atomic mass is 10.1. The third-order valence-corrected chi connectivity index (χ3v) is 4.34. The summed E-state index contributed by atoms with van der Waals surface area (Å²) in [7, 11) is 0. The molecule has 3 N–H and O–H groups in total. The van der Waals surface area contributed by atoms with Crippen LogP contribution >= 0.6 is 11.8 Å². The Labute approximate surface area is 150 Å². The topological polar surface area (TPSA) is 80.9 Å². The molecule has 0 fully saturated rings. The highest BCUT2D eigenvalue weighted by atomic mass is 32.2. The van der Waals surface area contributed by atoms with E-state index in [2.05, 4.69) is 15.3 Å². The van der Waals surface area contributed by atoms with E-state index in [9.17, 15) is 4.79 Å². The molecular weight excluding hydrogens is 332 g/mol. The average Bonchev–Trinajstić information content (AvgIpc) is 2.63. The van der Waals surface area contributed by atoms with Crippen LogP contribution in [0.2, 0.25) is 0 Å². The van der Waals surface area contributed by atoms with E-state index in [0.29, 0.717) is 17.4 Å². The third-order valence-electron chi connectivity index (χ3n) is 3.46. The van der Waals surface area contributed by atoms with Gasteiger partial charge in [0.05, 0.1) is 5.69 Å². The summed E-state index contributed by atoms with van der Waals surface area (Å²) in [6, 6.07) is 19.2. The number of aromatic nitrogens is 2. The van der Waals surface area contributed by atoms with Gasteiger partial charge in [-0.25, -0.2) is 9.97 Å². The summed E-state index contributed by atoms with van der Waals surface area (Å²) >= 11 is 1.43. The van der Waals surface area contributed by atoms with Crippen LogP contribution in [0.15, 0.2) is 70.7 Å². The minimum absolute atomic E-state index is 0.00734. The lowest BCUT2D eigenvalue weighted by Gasteiger charge is -2.07. The summed E-state index contributed by atoms with van der Waals surface area (Å²) in [5, 5.41) is 3.41. The molecule has 0 aliphatic heterocycles. The van der Waals surface area contributed by atoms with Crippen LogP contribution in [0.4, 0.5) is 11.5 Å². The second-order valence-corrected chi connectivity index (χ2v) is 6.40. The highest BCUT2D eigenvalue weighted by molar-refractivity contribution is 7.99. The number of nitrogens with zero attached hydrogens (tertiary/aromatic N) is 2. The van der Waals surface area contributed by atoms with Crippen molar-refractivity contribution in [1.82, 2.24) is 9.97 Å². The minimum atomic E-state index is -0.00734. The number of carbonyl (C=O) groups excluding carboxylic acids is 1. The number of benzene rings is 2. The van der Waals surface area contributed by atoms with Crippen molar-refractivity contribution in [2.45, 2.75) is 23.4 Å². The Hall–Kier alpha value is -2.86. The van der Waals surface area contributed by atoms with Gasteiger partial charge < -0.3 is 11.1 Å². The number of nitrogens with two attached hydrogens (primary N) is 1. The van der Waals surface area contributed by atoms with Crippen LogP contribution in [-0.4, -0.2) is 15.9 Å². The zero-order valence-electron chi connectivity index (χ0n) is 13.8. The summed E-state index contributed by atoms with van der Waals surface area (Å²) in [5.74, 6) is 0.426. The number of hydrogen-bond donors (Lipinski definition) is 2. The first-order chi connectivity index (χ1) is 12.1. The molecule has 0 radical (unpaired) electrons. The van der Waals surface area contributed by atoms with Gasteiger partial charge in [-0.2, -0.15) is 0 Å². The first-order valence-corrected chi connectivity index (χ1v) is 8.73. The number of nitrogens with one attached hydrogen (secondary N) is 1. The molecule has 0 aliphatic rings. The van der Waals surface area contributed by atoms with Crippen molar-refractivity contribution in [2.24, 2.45) is 0 Å². The molecule has 0 bridgehead atoms. The second kappa shape index (κ2) is 7.81. The fourth-order valence-corrected chi connectivity index (χ4v) is 2.98. The number of hydrogen-bond acceptors (Lipinski definition) is 5. The number of anilines is 2. The smallest absolute Gasteiger partial charge is 0.224 e. The molecule has 3 rings (SSSR count). The van der Waals surface area contributed by atoms with Gasteiger partial charge in [0, 0.05) is 28.6 Å². The molecule has 0 atom stereocenters. The summed E-state index contributed by atoms with van der Waals surface area (Å²) in [5.41, 5.74) is 8.50. The van der Waals surface area contributed by atoms with Gasteiger partial charge in [0.25, 0.3) is 0 Å². The SMILES string of the molecule is CCC(=O)Nc1ccc(Sc2nc(N)cc(-c3ccccc3)n2)cc1. The van der Waals surface area contributed by atoms with Crippen molar-refractivity contribution in [3.63, 3.8) is 0 Å². The zero-order chi connectivity index (χ0) is 17.6. The Kier molecular flexibility index (Phi) is 5.30. The maximum atomic E-state index is 11.4. The van der Waals surface area contributed by atoms with Gasteiger partial charge in [0.2, 0.25) is 5.91 Å². The highest BCUT2D eigenvalue weighted by Crippen LogP contribution is 2.29. The third kappa shape index (κ3) is 4.58. The predicted octanol–water partition coefficient (Wildman–Crippen LogP) is 4.23. The van der Waals surface area contributed by atoms with Crippen LogP contribution in [-0.2, 0) is 4.79 Å². The molecule has 126 valence electrons. The second-order valence-electron chi connectivity index (χ2n) is 5.35. The largest absolute Gasteiger partial charge is 0.384 e. The maximum absolute atomic E-state index is 11.4. The van der Waals surface area contributed by atoms with Gasteiger partial charge in [-0.05, 0) is 36.0 Å². The molecule has 6 heteroatoms. The molecule has 5 nitrogen and oxygen atoms in total. The van der Waals surface area contributed by atoms with Crippen molar-refractivity contribution in [1.29, 1.82) is 0 Å². The van der Waals surface area contributed by atoms with E-state index < -0.39 is 0 Å². The summed E-state index contributed by atoms with van der Waals surface area (Å²) in [4.78, 5) is 21.3. The molecule has 3 aromatic rings. The van der Waals surface area contributed by atoms with E-state index >= 15 is 0 Å². The van der Waals surface area contributed by atoms with Crippen molar-refractivity contribution < 1.29 is 4.79 Å². The van der Waals surface area contributed by atoms with Crippen LogP contribution in [0.5, 0.6) is 0 Å². The lowest BCUT2D eigenvalue weighted by molar-refractivity contribution is -0.115. The quantitative estimate of drug-likeness (QED) is 0.673. The number of amides is 1. The number of carbonyl (C=O) groups is 1. The standard InChI is InChI=1S/C19H18N4OS/c1-2-18(24)21-14-8-10-15(11-9-14)25-19-22-16(12-17(20)23-19)13-6-4-3-5-7-13/h3-12H,2H2,1H3,(H,21,24)(H2,20,22,23). The van der Waals surface area contributed by atoms with Crippen molar-refractivity contribution in [2.75, 3.05) is 11.1 Å². The van der Waals surface area contributed by atoms with Crippen molar-refractivity contribution in [3.8, 4) is 11.3 Å². The molecule has 2 aromatic carbocycles. The van der Waals surface area contributed by atoms with E-state index in [0.717, 1.165) is 21.8 Å². The lowest BCUT2D eigenvalue weighted by Crippen LogP contribution is -2.08. The van der Waals surface area contributed by atoms with Crippen LogP contribution in [0, 0.1) is 0 Å². The van der Waals surface area contributed by atoms with Crippen LogP contribution in [0.25, 0.3) is 11.3 Å². The Morgan fingerprint density at radius 1 is 1.08 bits per heavy atom. The molecule has 1 amide bonds. The molecule has 0 spiro atoms. The monoisotopic (exact) mass is 350 g/mol. The number of rotatable bonds is 5. The highest BCUT2D eigenvalue weighted by Gasteiger charge is 2.07. The molecule has 0 saturated carbocycles. The average molecular weight is 350 g/mol. The summed E-state index contributed by atoms with van der Waals surface area (Å²) in [6.07, 6.45) is 0.454. The van der Waals surface area contributed by atoms with E-state index in [-0.39, 0.29) is 5.91 Å². The molecule has 1 aromatic heterocycles. The molecule has 1 heterocycles. The van der Waals surface area contributed by atoms with E-state index in [1.807, 2.05) is 61.5 Å². The minimum Gasteiger partial charge on any atom is -0.384 e. The Morgan fingerprint density at radius 2 is 1.80 bits per heavy atom. The molecule has 0 aliphatic carbocycles. The summed E-state index contributed by atoms with van der Waals surface area (Å²) < 4.78 is 0. The van der Waals surface area contributed by atoms with Gasteiger partial charge in [0.15, 0.2) is 5.16 Å². The first kappa shape index (κ1) is 17.0. The van der Waals surface area contributed by atoms with Gasteiger partial charge in [-0.1, -0.05) is 37.3 Å². The predicted molar refractivity (Wildman–Crippen MR) is 101 cm³/mol. The Morgan fingerprint density at radius 3 is 2.48 bits per heavy atom. The first-order valence-electron chi connectivity index (χ1n) is 7.92. The molecular formula is C19H18N4OS.